The van der Waals surface area contributed by atoms with Gasteiger partial charge in [0.1, 0.15) is 29.2 Å². The SMILES string of the molecule is N#Cc1cccc(N2CCC[C@@](CO)(Cc3ccc(F)cc3F)C2)n1. The largest absolute Gasteiger partial charge is 0.396 e. The molecule has 0 unspecified atom stereocenters. The van der Waals surface area contributed by atoms with Gasteiger partial charge in [0.25, 0.3) is 0 Å². The van der Waals surface area contributed by atoms with Crippen LogP contribution in [0.2, 0.25) is 0 Å². The average Bonchev–Trinajstić information content (AvgIpc) is 2.64. The molecule has 130 valence electrons. The van der Waals surface area contributed by atoms with Crippen molar-refractivity contribution in [1.29, 1.82) is 5.26 Å². The fourth-order valence-electron chi connectivity index (χ4n) is 3.46. The van der Waals surface area contributed by atoms with Crippen LogP contribution in [-0.2, 0) is 6.42 Å². The Morgan fingerprint density at radius 1 is 1.28 bits per heavy atom. The standard InChI is InChI=1S/C19H19F2N3O/c20-15-6-5-14(17(21)9-15)10-19(13-25)7-2-8-24(12-19)18-4-1-3-16(11-22)23-18/h1,3-6,9,25H,2,7-8,10,12-13H2/t19-/m1/s1. The first-order valence-electron chi connectivity index (χ1n) is 8.22. The van der Waals surface area contributed by atoms with Gasteiger partial charge in [-0.05, 0) is 43.0 Å². The van der Waals surface area contributed by atoms with E-state index in [1.807, 2.05) is 17.0 Å². The van der Waals surface area contributed by atoms with Gasteiger partial charge in [-0.25, -0.2) is 13.8 Å². The number of piperidine rings is 1. The van der Waals surface area contributed by atoms with Crippen LogP contribution in [0.5, 0.6) is 0 Å². The summed E-state index contributed by atoms with van der Waals surface area (Å²) in [5.41, 5.74) is 0.208. The minimum absolute atomic E-state index is 0.0990. The van der Waals surface area contributed by atoms with Crippen molar-refractivity contribution in [3.8, 4) is 6.07 Å². The van der Waals surface area contributed by atoms with Gasteiger partial charge in [0.15, 0.2) is 0 Å². The van der Waals surface area contributed by atoms with Crippen molar-refractivity contribution in [2.75, 3.05) is 24.6 Å². The molecule has 1 aromatic heterocycles. The van der Waals surface area contributed by atoms with Crippen LogP contribution in [-0.4, -0.2) is 29.8 Å². The van der Waals surface area contributed by atoms with E-state index in [2.05, 4.69) is 4.98 Å². The second kappa shape index (κ2) is 7.16. The zero-order valence-corrected chi connectivity index (χ0v) is 13.8. The van der Waals surface area contributed by atoms with E-state index in [1.54, 1.807) is 12.1 Å². The smallest absolute Gasteiger partial charge is 0.142 e. The highest BCUT2D eigenvalue weighted by atomic mass is 19.1. The highest BCUT2D eigenvalue weighted by Crippen LogP contribution is 2.35. The summed E-state index contributed by atoms with van der Waals surface area (Å²) in [6.45, 7) is 1.16. The third-order valence-corrected chi connectivity index (χ3v) is 4.75. The molecule has 0 aliphatic carbocycles. The molecule has 1 aliphatic heterocycles. The Morgan fingerprint density at radius 2 is 2.12 bits per heavy atom. The molecule has 1 aromatic carbocycles. The summed E-state index contributed by atoms with van der Waals surface area (Å²) >= 11 is 0. The quantitative estimate of drug-likeness (QED) is 0.927. The molecular formula is C19H19F2N3O. The van der Waals surface area contributed by atoms with E-state index in [9.17, 15) is 13.9 Å². The normalized spacial score (nSPS) is 20.3. The van der Waals surface area contributed by atoms with Gasteiger partial charge in [0.2, 0.25) is 0 Å². The van der Waals surface area contributed by atoms with Crippen LogP contribution in [0.1, 0.15) is 24.1 Å². The molecule has 1 atom stereocenters. The van der Waals surface area contributed by atoms with Gasteiger partial charge in [0.05, 0.1) is 6.61 Å². The van der Waals surface area contributed by atoms with Gasteiger partial charge in [0, 0.05) is 24.6 Å². The maximum Gasteiger partial charge on any atom is 0.142 e. The molecule has 1 saturated heterocycles. The average molecular weight is 343 g/mol. The molecule has 0 amide bonds. The predicted molar refractivity (Wildman–Crippen MR) is 90.0 cm³/mol. The molecule has 4 nitrogen and oxygen atoms in total. The number of benzene rings is 1. The monoisotopic (exact) mass is 343 g/mol. The fraction of sp³-hybridized carbons (Fsp3) is 0.368. The summed E-state index contributed by atoms with van der Waals surface area (Å²) in [4.78, 5) is 6.33. The Labute approximate surface area is 145 Å². The number of pyridine rings is 1. The Hall–Kier alpha value is -2.52. The molecule has 1 N–H and O–H groups in total. The molecule has 2 aromatic rings. The number of hydrogen-bond acceptors (Lipinski definition) is 4. The first-order valence-corrected chi connectivity index (χ1v) is 8.22. The van der Waals surface area contributed by atoms with Crippen molar-refractivity contribution in [2.24, 2.45) is 5.41 Å². The van der Waals surface area contributed by atoms with Gasteiger partial charge < -0.3 is 10.0 Å². The van der Waals surface area contributed by atoms with Crippen molar-refractivity contribution < 1.29 is 13.9 Å². The summed E-state index contributed by atoms with van der Waals surface area (Å²) in [5.74, 6) is -0.521. The number of hydrogen-bond donors (Lipinski definition) is 1. The lowest BCUT2D eigenvalue weighted by atomic mass is 9.75. The molecule has 0 saturated carbocycles. The number of aliphatic hydroxyl groups is 1. The number of aromatic nitrogens is 1. The molecule has 3 rings (SSSR count). The van der Waals surface area contributed by atoms with Gasteiger partial charge >= 0.3 is 0 Å². The molecule has 6 heteroatoms. The van der Waals surface area contributed by atoms with Crippen LogP contribution in [0.25, 0.3) is 0 Å². The minimum atomic E-state index is -0.609. The summed E-state index contributed by atoms with van der Waals surface area (Å²) in [6, 6.07) is 10.8. The molecule has 2 heterocycles. The van der Waals surface area contributed by atoms with E-state index in [0.29, 0.717) is 30.0 Å². The van der Waals surface area contributed by atoms with Crippen molar-refractivity contribution in [3.05, 3.63) is 59.3 Å². The van der Waals surface area contributed by atoms with E-state index in [0.717, 1.165) is 25.5 Å². The third-order valence-electron chi connectivity index (χ3n) is 4.75. The van der Waals surface area contributed by atoms with Crippen LogP contribution in [0.3, 0.4) is 0 Å². The molecule has 25 heavy (non-hydrogen) atoms. The maximum atomic E-state index is 14.0. The third kappa shape index (κ3) is 3.77. The summed E-state index contributed by atoms with van der Waals surface area (Å²) < 4.78 is 27.2. The van der Waals surface area contributed by atoms with Gasteiger partial charge in [-0.1, -0.05) is 12.1 Å². The Morgan fingerprint density at radius 3 is 2.84 bits per heavy atom. The van der Waals surface area contributed by atoms with E-state index >= 15 is 0 Å². The molecule has 1 aliphatic rings. The van der Waals surface area contributed by atoms with Crippen molar-refractivity contribution >= 4 is 5.82 Å². The van der Waals surface area contributed by atoms with E-state index in [1.165, 1.54) is 12.1 Å². The topological polar surface area (TPSA) is 60.2 Å². The predicted octanol–water partition coefficient (Wildman–Crippen LogP) is 3.05. The lowest BCUT2D eigenvalue weighted by Crippen LogP contribution is -2.47. The summed E-state index contributed by atoms with van der Waals surface area (Å²) in [7, 11) is 0. The van der Waals surface area contributed by atoms with Crippen molar-refractivity contribution in [3.63, 3.8) is 0 Å². The van der Waals surface area contributed by atoms with Crippen molar-refractivity contribution in [1.82, 2.24) is 4.98 Å². The molecule has 0 radical (unpaired) electrons. The van der Waals surface area contributed by atoms with Gasteiger partial charge in [-0.2, -0.15) is 5.26 Å². The lowest BCUT2D eigenvalue weighted by molar-refractivity contribution is 0.104. The van der Waals surface area contributed by atoms with Gasteiger partial charge in [-0.3, -0.25) is 0 Å². The lowest BCUT2D eigenvalue weighted by Gasteiger charge is -2.42. The number of rotatable bonds is 4. The first-order chi connectivity index (χ1) is 12.0. The fourth-order valence-corrected chi connectivity index (χ4v) is 3.46. The number of nitriles is 1. The number of aliphatic hydroxyl groups excluding tert-OH is 1. The second-order valence-electron chi connectivity index (χ2n) is 6.59. The van der Waals surface area contributed by atoms with Gasteiger partial charge in [-0.15, -0.1) is 0 Å². The summed E-state index contributed by atoms with van der Waals surface area (Å²) in [5, 5.41) is 19.0. The van der Waals surface area contributed by atoms with E-state index in [4.69, 9.17) is 5.26 Å². The number of nitrogens with zero attached hydrogens (tertiary/aromatic N) is 3. The molecule has 0 bridgehead atoms. The summed E-state index contributed by atoms with van der Waals surface area (Å²) in [6.07, 6.45) is 1.89. The second-order valence-corrected chi connectivity index (χ2v) is 6.59. The Kier molecular flexibility index (Phi) is 4.95. The van der Waals surface area contributed by atoms with Crippen LogP contribution in [0.4, 0.5) is 14.6 Å². The van der Waals surface area contributed by atoms with E-state index in [-0.39, 0.29) is 6.61 Å². The molecule has 1 fully saturated rings. The van der Waals surface area contributed by atoms with Crippen LogP contribution in [0.15, 0.2) is 36.4 Å². The maximum absolute atomic E-state index is 14.0. The molecular weight excluding hydrogens is 324 g/mol. The zero-order valence-electron chi connectivity index (χ0n) is 13.8. The molecule has 0 spiro atoms. The number of anilines is 1. The highest BCUT2D eigenvalue weighted by molar-refractivity contribution is 5.42. The highest BCUT2D eigenvalue weighted by Gasteiger charge is 2.36. The van der Waals surface area contributed by atoms with Crippen LogP contribution >= 0.6 is 0 Å². The van der Waals surface area contributed by atoms with Crippen LogP contribution < -0.4 is 4.90 Å². The minimum Gasteiger partial charge on any atom is -0.396 e. The van der Waals surface area contributed by atoms with Crippen LogP contribution in [0, 0.1) is 28.4 Å². The Balaban J connectivity index is 1.84. The zero-order chi connectivity index (χ0) is 17.9. The first kappa shape index (κ1) is 17.3. The van der Waals surface area contributed by atoms with E-state index < -0.39 is 17.0 Å². The Bertz CT molecular complexity index is 805. The van der Waals surface area contributed by atoms with Crippen molar-refractivity contribution in [2.45, 2.75) is 19.3 Å². The number of halogens is 2.